The fourth-order valence-electron chi connectivity index (χ4n) is 2.46. The summed E-state index contributed by atoms with van der Waals surface area (Å²) in [6, 6.07) is 0. The second-order valence-electron chi connectivity index (χ2n) is 4.18. The van der Waals surface area contributed by atoms with Crippen molar-refractivity contribution in [1.29, 1.82) is 0 Å². The molecule has 0 amide bonds. The van der Waals surface area contributed by atoms with E-state index in [2.05, 4.69) is 42.5 Å². The Morgan fingerprint density at radius 1 is 1.69 bits per heavy atom. The van der Waals surface area contributed by atoms with E-state index in [0.29, 0.717) is 11.7 Å². The maximum Gasteiger partial charge on any atom is 0.162 e. The van der Waals surface area contributed by atoms with Crippen molar-refractivity contribution < 1.29 is 4.79 Å². The lowest BCUT2D eigenvalue weighted by molar-refractivity contribution is -0.122. The Hall–Kier alpha value is -0.120. The first-order chi connectivity index (χ1) is 6.05. The number of hydrogen-bond acceptors (Lipinski definition) is 1. The van der Waals surface area contributed by atoms with Gasteiger partial charge in [-0.3, -0.25) is 4.79 Å². The van der Waals surface area contributed by atoms with Gasteiger partial charge in [0.25, 0.3) is 0 Å². The molecule has 0 aliphatic heterocycles. The van der Waals surface area contributed by atoms with E-state index >= 15 is 0 Å². The molecule has 0 aromatic carbocycles. The van der Waals surface area contributed by atoms with E-state index < -0.39 is 0 Å². The highest BCUT2D eigenvalue weighted by Crippen LogP contribution is 2.52. The van der Waals surface area contributed by atoms with Crippen molar-refractivity contribution in [3.63, 3.8) is 0 Å². The molecule has 2 aliphatic rings. The van der Waals surface area contributed by atoms with Gasteiger partial charge in [0.15, 0.2) is 5.78 Å². The molecule has 0 bridgehead atoms. The summed E-state index contributed by atoms with van der Waals surface area (Å²) in [4.78, 5) is 11.6. The van der Waals surface area contributed by atoms with Crippen molar-refractivity contribution in [3.05, 3.63) is 21.3 Å². The SMILES string of the molecule is C/C(I)=C1/CC[C@]2(C)C(=O)C=C[C@H]12. The summed E-state index contributed by atoms with van der Waals surface area (Å²) in [5.41, 5.74) is 1.38. The van der Waals surface area contributed by atoms with Crippen LogP contribution in [0, 0.1) is 11.3 Å². The molecule has 2 aliphatic carbocycles. The van der Waals surface area contributed by atoms with Gasteiger partial charge in [0.05, 0.1) is 0 Å². The van der Waals surface area contributed by atoms with Crippen LogP contribution in [-0.2, 0) is 4.79 Å². The molecule has 0 heterocycles. The van der Waals surface area contributed by atoms with Gasteiger partial charge in [-0.1, -0.05) is 18.6 Å². The van der Waals surface area contributed by atoms with Crippen molar-refractivity contribution in [1.82, 2.24) is 0 Å². The van der Waals surface area contributed by atoms with Crippen LogP contribution in [0.15, 0.2) is 21.3 Å². The quantitative estimate of drug-likeness (QED) is 0.625. The lowest BCUT2D eigenvalue weighted by Gasteiger charge is -2.21. The third-order valence-corrected chi connectivity index (χ3v) is 4.11. The highest BCUT2D eigenvalue weighted by molar-refractivity contribution is 14.1. The second kappa shape index (κ2) is 2.94. The molecular formula is C11H13IO. The molecule has 1 fully saturated rings. The Morgan fingerprint density at radius 2 is 2.38 bits per heavy atom. The Kier molecular flexibility index (Phi) is 2.13. The average molecular weight is 288 g/mol. The van der Waals surface area contributed by atoms with Gasteiger partial charge in [-0.25, -0.2) is 0 Å². The number of hydrogen-bond donors (Lipinski definition) is 0. The summed E-state index contributed by atoms with van der Waals surface area (Å²) in [6.07, 6.45) is 5.99. The topological polar surface area (TPSA) is 17.1 Å². The molecule has 70 valence electrons. The first kappa shape index (κ1) is 9.44. The number of carbonyl (C=O) groups is 1. The molecule has 0 N–H and O–H groups in total. The van der Waals surface area contributed by atoms with Crippen molar-refractivity contribution >= 4 is 28.4 Å². The van der Waals surface area contributed by atoms with E-state index in [9.17, 15) is 4.79 Å². The first-order valence-electron chi connectivity index (χ1n) is 4.63. The molecule has 0 unspecified atom stereocenters. The Bertz CT molecular complexity index is 323. The maximum absolute atomic E-state index is 11.6. The Morgan fingerprint density at radius 3 is 3.00 bits per heavy atom. The number of carbonyl (C=O) groups excluding carboxylic acids is 1. The summed E-state index contributed by atoms with van der Waals surface area (Å²) in [5.74, 6) is 0.724. The van der Waals surface area contributed by atoms with Crippen molar-refractivity contribution in [2.45, 2.75) is 26.7 Å². The first-order valence-corrected chi connectivity index (χ1v) is 5.71. The van der Waals surface area contributed by atoms with Gasteiger partial charge in [-0.15, -0.1) is 0 Å². The standard InChI is InChI=1S/C11H13IO/c1-7(12)8-5-6-11(2)9(8)3-4-10(11)13/h3-4,9H,5-6H2,1-2H3/b8-7+/t9-,11+/m1/s1. The Balaban J connectivity index is 2.44. The van der Waals surface area contributed by atoms with Gasteiger partial charge < -0.3 is 0 Å². The van der Waals surface area contributed by atoms with E-state index in [0.717, 1.165) is 12.8 Å². The largest absolute Gasteiger partial charge is 0.294 e. The second-order valence-corrected chi connectivity index (χ2v) is 5.80. The number of allylic oxidation sites excluding steroid dienone is 4. The fraction of sp³-hybridized carbons (Fsp3) is 0.545. The van der Waals surface area contributed by atoms with E-state index in [1.54, 1.807) is 6.08 Å². The highest BCUT2D eigenvalue weighted by Gasteiger charge is 2.48. The zero-order chi connectivity index (χ0) is 9.64. The number of ketones is 1. The summed E-state index contributed by atoms with van der Waals surface area (Å²) in [7, 11) is 0. The summed E-state index contributed by atoms with van der Waals surface area (Å²) >= 11 is 2.37. The smallest absolute Gasteiger partial charge is 0.162 e. The average Bonchev–Trinajstić information content (AvgIpc) is 2.51. The van der Waals surface area contributed by atoms with Gasteiger partial charge in [-0.2, -0.15) is 0 Å². The predicted octanol–water partition coefficient (Wildman–Crippen LogP) is 3.25. The van der Waals surface area contributed by atoms with E-state index in [1.165, 1.54) is 9.15 Å². The fourth-order valence-corrected chi connectivity index (χ4v) is 3.06. The number of rotatable bonds is 0. The van der Waals surface area contributed by atoms with Crippen LogP contribution >= 0.6 is 22.6 Å². The molecule has 0 spiro atoms. The van der Waals surface area contributed by atoms with E-state index in [4.69, 9.17) is 0 Å². The summed E-state index contributed by atoms with van der Waals surface area (Å²) in [5, 5.41) is 0. The van der Waals surface area contributed by atoms with Gasteiger partial charge in [-0.05, 0) is 52.0 Å². The van der Waals surface area contributed by atoms with Crippen molar-refractivity contribution in [3.8, 4) is 0 Å². The van der Waals surface area contributed by atoms with Crippen molar-refractivity contribution in [2.24, 2.45) is 11.3 Å². The molecule has 0 aromatic heterocycles. The van der Waals surface area contributed by atoms with Crippen LogP contribution < -0.4 is 0 Å². The number of halogens is 1. The lowest BCUT2D eigenvalue weighted by Crippen LogP contribution is -2.24. The molecule has 1 nitrogen and oxygen atoms in total. The highest BCUT2D eigenvalue weighted by atomic mass is 127. The van der Waals surface area contributed by atoms with Crippen LogP contribution in [-0.4, -0.2) is 5.78 Å². The molecular weight excluding hydrogens is 275 g/mol. The van der Waals surface area contributed by atoms with Gasteiger partial charge in [0.1, 0.15) is 0 Å². The molecule has 2 atom stereocenters. The van der Waals surface area contributed by atoms with Gasteiger partial charge >= 0.3 is 0 Å². The predicted molar refractivity (Wildman–Crippen MR) is 61.7 cm³/mol. The number of fused-ring (bicyclic) bond motifs is 1. The molecule has 13 heavy (non-hydrogen) atoms. The van der Waals surface area contributed by atoms with Crippen LogP contribution in [0.3, 0.4) is 0 Å². The molecule has 0 saturated heterocycles. The minimum absolute atomic E-state index is 0.0955. The zero-order valence-corrected chi connectivity index (χ0v) is 10.1. The third kappa shape index (κ3) is 1.22. The zero-order valence-electron chi connectivity index (χ0n) is 7.93. The van der Waals surface area contributed by atoms with Crippen LogP contribution in [0.4, 0.5) is 0 Å². The van der Waals surface area contributed by atoms with Crippen LogP contribution in [0.25, 0.3) is 0 Å². The Labute approximate surface area is 92.4 Å². The monoisotopic (exact) mass is 288 g/mol. The minimum atomic E-state index is -0.0955. The van der Waals surface area contributed by atoms with Crippen molar-refractivity contribution in [2.75, 3.05) is 0 Å². The molecule has 2 heteroatoms. The lowest BCUT2D eigenvalue weighted by atomic mass is 9.80. The maximum atomic E-state index is 11.6. The minimum Gasteiger partial charge on any atom is -0.294 e. The third-order valence-electron chi connectivity index (χ3n) is 3.42. The molecule has 2 rings (SSSR count). The summed E-state index contributed by atoms with van der Waals surface area (Å²) < 4.78 is 1.37. The molecule has 0 radical (unpaired) electrons. The van der Waals surface area contributed by atoms with Crippen LogP contribution in [0.2, 0.25) is 0 Å². The van der Waals surface area contributed by atoms with Gasteiger partial charge in [0, 0.05) is 11.3 Å². The van der Waals surface area contributed by atoms with Gasteiger partial charge in [0.2, 0.25) is 0 Å². The summed E-state index contributed by atoms with van der Waals surface area (Å²) in [6.45, 7) is 4.24. The van der Waals surface area contributed by atoms with E-state index in [1.807, 2.05) is 0 Å². The van der Waals surface area contributed by atoms with Crippen LogP contribution in [0.5, 0.6) is 0 Å². The van der Waals surface area contributed by atoms with Crippen LogP contribution in [0.1, 0.15) is 26.7 Å². The van der Waals surface area contributed by atoms with E-state index in [-0.39, 0.29) is 5.41 Å². The molecule has 0 aromatic rings. The molecule has 1 saturated carbocycles. The normalized spacial score (nSPS) is 41.2.